The highest BCUT2D eigenvalue weighted by Gasteiger charge is 2.13. The van der Waals surface area contributed by atoms with Gasteiger partial charge in [0, 0.05) is 6.54 Å². The Balaban J connectivity index is 2.03. The third-order valence-electron chi connectivity index (χ3n) is 3.71. The van der Waals surface area contributed by atoms with Gasteiger partial charge in [0.15, 0.2) is 0 Å². The van der Waals surface area contributed by atoms with E-state index in [2.05, 4.69) is 30.3 Å². The maximum Gasteiger partial charge on any atom is 0.0110 e. The first-order valence-corrected chi connectivity index (χ1v) is 6.87. The number of nitrogens with two attached hydrogens (primary N) is 1. The summed E-state index contributed by atoms with van der Waals surface area (Å²) < 4.78 is 0. The summed E-state index contributed by atoms with van der Waals surface area (Å²) in [6.07, 6.45) is 12.5. The van der Waals surface area contributed by atoms with Crippen LogP contribution in [0.1, 0.15) is 55.6 Å². The highest BCUT2D eigenvalue weighted by molar-refractivity contribution is 5.50. The number of rotatable bonds is 3. The van der Waals surface area contributed by atoms with E-state index in [-0.39, 0.29) is 0 Å². The van der Waals surface area contributed by atoms with E-state index in [0.29, 0.717) is 6.54 Å². The van der Waals surface area contributed by atoms with E-state index in [0.717, 1.165) is 5.92 Å². The summed E-state index contributed by atoms with van der Waals surface area (Å²) >= 11 is 0. The second-order valence-corrected chi connectivity index (χ2v) is 4.99. The van der Waals surface area contributed by atoms with Gasteiger partial charge in [0.2, 0.25) is 0 Å². The average molecular weight is 229 g/mol. The molecule has 1 aromatic rings. The number of hydrogen-bond acceptors (Lipinski definition) is 1. The molecule has 1 fully saturated rings. The van der Waals surface area contributed by atoms with Gasteiger partial charge in [-0.2, -0.15) is 0 Å². The van der Waals surface area contributed by atoms with Crippen molar-refractivity contribution < 1.29 is 0 Å². The van der Waals surface area contributed by atoms with Gasteiger partial charge in [-0.15, -0.1) is 0 Å². The van der Waals surface area contributed by atoms with E-state index in [1.807, 2.05) is 6.08 Å². The quantitative estimate of drug-likeness (QED) is 0.776. The van der Waals surface area contributed by atoms with Gasteiger partial charge < -0.3 is 5.73 Å². The van der Waals surface area contributed by atoms with Crippen LogP contribution in [0.5, 0.6) is 0 Å². The molecule has 0 bridgehead atoms. The van der Waals surface area contributed by atoms with Crippen LogP contribution in [0, 0.1) is 0 Å². The molecule has 0 saturated heterocycles. The lowest BCUT2D eigenvalue weighted by Gasteiger charge is -2.14. The standard InChI is InChI=1S/C16H23N/c17-13-5-6-14-9-11-16(12-10-14)15-7-3-1-2-4-8-15/h5-6,9-12,15H,1-4,7-8,13,17H2/b6-5+. The second kappa shape index (κ2) is 6.61. The summed E-state index contributed by atoms with van der Waals surface area (Å²) in [4.78, 5) is 0. The molecular formula is C16H23N. The molecule has 1 aromatic carbocycles. The van der Waals surface area contributed by atoms with Crippen LogP contribution in [0.15, 0.2) is 30.3 Å². The molecule has 1 nitrogen and oxygen atoms in total. The molecule has 92 valence electrons. The Labute approximate surface area is 105 Å². The zero-order valence-electron chi connectivity index (χ0n) is 10.6. The average Bonchev–Trinajstić information content (AvgIpc) is 2.66. The predicted molar refractivity (Wildman–Crippen MR) is 75.0 cm³/mol. The van der Waals surface area contributed by atoms with Gasteiger partial charge in [0.05, 0.1) is 0 Å². The summed E-state index contributed by atoms with van der Waals surface area (Å²) in [6, 6.07) is 9.02. The van der Waals surface area contributed by atoms with E-state index in [9.17, 15) is 0 Å². The third kappa shape index (κ3) is 3.71. The minimum Gasteiger partial charge on any atom is -0.327 e. The van der Waals surface area contributed by atoms with Gasteiger partial charge in [0.25, 0.3) is 0 Å². The molecule has 0 spiro atoms. The van der Waals surface area contributed by atoms with Gasteiger partial charge in [-0.1, -0.05) is 62.1 Å². The van der Waals surface area contributed by atoms with Crippen molar-refractivity contribution in [2.75, 3.05) is 6.54 Å². The number of hydrogen-bond donors (Lipinski definition) is 1. The molecule has 1 aliphatic rings. The van der Waals surface area contributed by atoms with Crippen molar-refractivity contribution in [2.24, 2.45) is 5.73 Å². The number of benzene rings is 1. The largest absolute Gasteiger partial charge is 0.327 e. The Hall–Kier alpha value is -1.08. The van der Waals surface area contributed by atoms with Crippen LogP contribution in [0.25, 0.3) is 6.08 Å². The molecule has 1 heteroatoms. The van der Waals surface area contributed by atoms with Gasteiger partial charge in [-0.3, -0.25) is 0 Å². The van der Waals surface area contributed by atoms with E-state index >= 15 is 0 Å². The Kier molecular flexibility index (Phi) is 4.81. The smallest absolute Gasteiger partial charge is 0.0110 e. The summed E-state index contributed by atoms with van der Waals surface area (Å²) in [5.41, 5.74) is 8.24. The Morgan fingerprint density at radius 3 is 2.24 bits per heavy atom. The Morgan fingerprint density at radius 2 is 1.65 bits per heavy atom. The van der Waals surface area contributed by atoms with Crippen LogP contribution in [-0.2, 0) is 0 Å². The van der Waals surface area contributed by atoms with Crippen LogP contribution in [-0.4, -0.2) is 6.54 Å². The monoisotopic (exact) mass is 229 g/mol. The van der Waals surface area contributed by atoms with E-state index in [1.54, 1.807) is 0 Å². The highest BCUT2D eigenvalue weighted by Crippen LogP contribution is 2.31. The van der Waals surface area contributed by atoms with Crippen LogP contribution < -0.4 is 5.73 Å². The molecule has 0 heterocycles. The fraction of sp³-hybridized carbons (Fsp3) is 0.500. The predicted octanol–water partition coefficient (Wildman–Crippen LogP) is 4.10. The normalized spacial score (nSPS) is 18.4. The summed E-state index contributed by atoms with van der Waals surface area (Å²) in [5, 5.41) is 0. The first-order chi connectivity index (χ1) is 8.40. The molecule has 0 atom stereocenters. The molecule has 0 unspecified atom stereocenters. The summed E-state index contributed by atoms with van der Waals surface area (Å²) in [5.74, 6) is 0.796. The molecule has 0 aromatic heterocycles. The van der Waals surface area contributed by atoms with Crippen molar-refractivity contribution in [3.63, 3.8) is 0 Å². The zero-order valence-corrected chi connectivity index (χ0v) is 10.6. The van der Waals surface area contributed by atoms with Gasteiger partial charge in [-0.25, -0.2) is 0 Å². The SMILES string of the molecule is NC/C=C/c1ccc(C2CCCCCC2)cc1. The zero-order chi connectivity index (χ0) is 11.9. The topological polar surface area (TPSA) is 26.0 Å². The fourth-order valence-corrected chi connectivity index (χ4v) is 2.70. The molecule has 0 aliphatic heterocycles. The molecule has 2 N–H and O–H groups in total. The first kappa shape index (κ1) is 12.4. The van der Waals surface area contributed by atoms with Crippen LogP contribution >= 0.6 is 0 Å². The maximum absolute atomic E-state index is 5.45. The van der Waals surface area contributed by atoms with Crippen LogP contribution in [0.2, 0.25) is 0 Å². The van der Waals surface area contributed by atoms with Gasteiger partial charge in [-0.05, 0) is 29.9 Å². The highest BCUT2D eigenvalue weighted by atomic mass is 14.5. The summed E-state index contributed by atoms with van der Waals surface area (Å²) in [7, 11) is 0. The van der Waals surface area contributed by atoms with E-state index < -0.39 is 0 Å². The Bertz CT molecular complexity index is 342. The van der Waals surface area contributed by atoms with Gasteiger partial charge in [0.1, 0.15) is 0 Å². The van der Waals surface area contributed by atoms with Crippen LogP contribution in [0.3, 0.4) is 0 Å². The van der Waals surface area contributed by atoms with Crippen molar-refractivity contribution in [3.8, 4) is 0 Å². The molecule has 2 rings (SSSR count). The van der Waals surface area contributed by atoms with Crippen molar-refractivity contribution in [2.45, 2.75) is 44.4 Å². The first-order valence-electron chi connectivity index (χ1n) is 6.87. The summed E-state index contributed by atoms with van der Waals surface area (Å²) in [6.45, 7) is 0.615. The molecule has 1 saturated carbocycles. The van der Waals surface area contributed by atoms with Crippen LogP contribution in [0.4, 0.5) is 0 Å². The lowest BCUT2D eigenvalue weighted by Crippen LogP contribution is -1.97. The third-order valence-corrected chi connectivity index (χ3v) is 3.71. The minimum absolute atomic E-state index is 0.615. The molecule has 0 radical (unpaired) electrons. The van der Waals surface area contributed by atoms with E-state index in [4.69, 9.17) is 5.73 Å². The second-order valence-electron chi connectivity index (χ2n) is 4.99. The lowest BCUT2D eigenvalue weighted by molar-refractivity contribution is 0.592. The molecule has 1 aliphatic carbocycles. The van der Waals surface area contributed by atoms with E-state index in [1.165, 1.54) is 49.7 Å². The fourth-order valence-electron chi connectivity index (χ4n) is 2.70. The molecule has 0 amide bonds. The van der Waals surface area contributed by atoms with Crippen molar-refractivity contribution in [1.29, 1.82) is 0 Å². The van der Waals surface area contributed by atoms with Gasteiger partial charge >= 0.3 is 0 Å². The lowest BCUT2D eigenvalue weighted by atomic mass is 9.91. The van der Waals surface area contributed by atoms with Crippen molar-refractivity contribution >= 4 is 6.08 Å². The van der Waals surface area contributed by atoms with Crippen molar-refractivity contribution in [3.05, 3.63) is 41.5 Å². The van der Waals surface area contributed by atoms with Crippen molar-refractivity contribution in [1.82, 2.24) is 0 Å². The maximum atomic E-state index is 5.45. The minimum atomic E-state index is 0.615. The molecular weight excluding hydrogens is 206 g/mol. The molecule has 17 heavy (non-hydrogen) atoms. The Morgan fingerprint density at radius 1 is 1.00 bits per heavy atom.